The molecule has 0 aliphatic heterocycles. The smallest absolute Gasteiger partial charge is 0.305 e. The van der Waals surface area contributed by atoms with E-state index in [1.807, 2.05) is 0 Å². The molecular formula is C33H65NO2. The van der Waals surface area contributed by atoms with Crippen molar-refractivity contribution < 1.29 is 9.53 Å². The third kappa shape index (κ3) is 19.5. The van der Waals surface area contributed by atoms with E-state index in [9.17, 15) is 4.79 Å². The van der Waals surface area contributed by atoms with E-state index in [1.54, 1.807) is 0 Å². The van der Waals surface area contributed by atoms with Crippen molar-refractivity contribution in [3.05, 3.63) is 0 Å². The van der Waals surface area contributed by atoms with Gasteiger partial charge >= 0.3 is 5.97 Å². The van der Waals surface area contributed by atoms with E-state index in [-0.39, 0.29) is 5.97 Å². The highest BCUT2D eigenvalue weighted by molar-refractivity contribution is 5.68. The summed E-state index contributed by atoms with van der Waals surface area (Å²) in [4.78, 5) is 13.6. The van der Waals surface area contributed by atoms with Crippen LogP contribution in [-0.4, -0.2) is 38.6 Å². The van der Waals surface area contributed by atoms with Gasteiger partial charge in [-0.1, -0.05) is 135 Å². The van der Waals surface area contributed by atoms with E-state index in [1.165, 1.54) is 155 Å². The molecule has 1 fully saturated rings. The molecule has 0 heterocycles. The minimum atomic E-state index is -0.0585. The highest BCUT2D eigenvalue weighted by Gasteiger charge is 2.41. The second-order valence-electron chi connectivity index (χ2n) is 12.3. The molecular weight excluding hydrogens is 442 g/mol. The first-order chi connectivity index (χ1) is 17.6. The van der Waals surface area contributed by atoms with Crippen molar-refractivity contribution in [3.8, 4) is 0 Å². The zero-order valence-corrected chi connectivity index (χ0v) is 25.2. The summed E-state index contributed by atoms with van der Waals surface area (Å²) in [6, 6.07) is 0. The molecule has 1 rings (SSSR count). The van der Waals surface area contributed by atoms with Crippen LogP contribution in [0.5, 0.6) is 0 Å². The Balaban J connectivity index is 1.96. The Bertz CT molecular complexity index is 492. The van der Waals surface area contributed by atoms with Crippen LogP contribution >= 0.6 is 0 Å². The molecule has 3 heteroatoms. The molecule has 0 aromatic heterocycles. The summed E-state index contributed by atoms with van der Waals surface area (Å²) in [7, 11) is 5.99. The molecule has 0 bridgehead atoms. The third-order valence-electron chi connectivity index (χ3n) is 8.54. The average molecular weight is 508 g/mol. The van der Waals surface area contributed by atoms with Crippen molar-refractivity contribution in [2.45, 2.75) is 161 Å². The number of nitrogens with zero attached hydrogens (tertiary/aromatic N) is 1. The van der Waals surface area contributed by atoms with Gasteiger partial charge in [-0.2, -0.15) is 0 Å². The van der Waals surface area contributed by atoms with E-state index < -0.39 is 0 Å². The number of unbranched alkanes of at least 4 members (excludes halogenated alkanes) is 18. The molecule has 3 atom stereocenters. The van der Waals surface area contributed by atoms with Crippen LogP contribution in [0.15, 0.2) is 0 Å². The molecule has 0 aromatic rings. The lowest BCUT2D eigenvalue weighted by molar-refractivity contribution is -0.140. The van der Waals surface area contributed by atoms with Crippen LogP contribution in [-0.2, 0) is 9.53 Å². The molecule has 214 valence electrons. The normalized spacial score (nSPS) is 18.0. The van der Waals surface area contributed by atoms with Gasteiger partial charge < -0.3 is 9.64 Å². The van der Waals surface area contributed by atoms with Crippen LogP contribution in [0, 0.1) is 17.8 Å². The maximum atomic E-state index is 11.2. The number of rotatable bonds is 27. The largest absolute Gasteiger partial charge is 0.469 e. The fraction of sp³-hybridized carbons (Fsp3) is 0.970. The van der Waals surface area contributed by atoms with E-state index in [0.717, 1.165) is 24.2 Å². The topological polar surface area (TPSA) is 29.5 Å². The van der Waals surface area contributed by atoms with E-state index >= 15 is 0 Å². The highest BCUT2D eigenvalue weighted by atomic mass is 16.5. The Morgan fingerprint density at radius 1 is 0.722 bits per heavy atom. The van der Waals surface area contributed by atoms with Crippen molar-refractivity contribution in [3.63, 3.8) is 0 Å². The summed E-state index contributed by atoms with van der Waals surface area (Å²) < 4.78 is 4.72. The zero-order chi connectivity index (χ0) is 26.3. The molecule has 1 saturated carbocycles. The number of esters is 1. The van der Waals surface area contributed by atoms with Gasteiger partial charge in [0.25, 0.3) is 0 Å². The molecule has 3 nitrogen and oxygen atoms in total. The SMILES string of the molecule is CCCCCCCCCCCCCCCCCC(CN(C)C)C1CC1CCCCCCCC(=O)OC. The molecule has 36 heavy (non-hydrogen) atoms. The van der Waals surface area contributed by atoms with Gasteiger partial charge in [-0.25, -0.2) is 0 Å². The Hall–Kier alpha value is -0.570. The van der Waals surface area contributed by atoms with Gasteiger partial charge in [-0.05, 0) is 51.1 Å². The summed E-state index contributed by atoms with van der Waals surface area (Å²) >= 11 is 0. The molecule has 1 aliphatic rings. The molecule has 1 aliphatic carbocycles. The number of hydrogen-bond acceptors (Lipinski definition) is 3. The van der Waals surface area contributed by atoms with Gasteiger partial charge in [0.05, 0.1) is 7.11 Å². The predicted molar refractivity (Wildman–Crippen MR) is 158 cm³/mol. The fourth-order valence-electron chi connectivity index (χ4n) is 6.18. The molecule has 0 aromatic carbocycles. The summed E-state index contributed by atoms with van der Waals surface area (Å²) in [5.41, 5.74) is 0. The first-order valence-electron chi connectivity index (χ1n) is 16.3. The van der Waals surface area contributed by atoms with Crippen LogP contribution < -0.4 is 0 Å². The van der Waals surface area contributed by atoms with E-state index in [2.05, 4.69) is 25.9 Å². The van der Waals surface area contributed by atoms with Crippen molar-refractivity contribution in [1.82, 2.24) is 4.90 Å². The average Bonchev–Trinajstić information content (AvgIpc) is 3.64. The van der Waals surface area contributed by atoms with Crippen LogP contribution in [0.2, 0.25) is 0 Å². The summed E-state index contributed by atoms with van der Waals surface area (Å²) in [5.74, 6) is 2.86. The van der Waals surface area contributed by atoms with E-state index in [4.69, 9.17) is 4.74 Å². The Morgan fingerprint density at radius 3 is 1.69 bits per heavy atom. The van der Waals surface area contributed by atoms with Crippen LogP contribution in [0.1, 0.15) is 161 Å². The molecule has 0 N–H and O–H groups in total. The quantitative estimate of drug-likeness (QED) is 0.0818. The molecule has 0 amide bonds. The predicted octanol–water partition coefficient (Wildman–Crippen LogP) is 9.97. The summed E-state index contributed by atoms with van der Waals surface area (Å²) in [6.07, 6.45) is 32.9. The second-order valence-corrected chi connectivity index (χ2v) is 12.3. The van der Waals surface area contributed by atoms with Crippen LogP contribution in [0.4, 0.5) is 0 Å². The number of hydrogen-bond donors (Lipinski definition) is 0. The highest BCUT2D eigenvalue weighted by Crippen LogP contribution is 2.49. The van der Waals surface area contributed by atoms with Gasteiger partial charge in [0.15, 0.2) is 0 Å². The second kappa shape index (κ2) is 23.5. The van der Waals surface area contributed by atoms with Crippen molar-refractivity contribution in [1.29, 1.82) is 0 Å². The lowest BCUT2D eigenvalue weighted by Crippen LogP contribution is -2.23. The third-order valence-corrected chi connectivity index (χ3v) is 8.54. The minimum Gasteiger partial charge on any atom is -0.469 e. The first-order valence-corrected chi connectivity index (χ1v) is 16.3. The Morgan fingerprint density at radius 2 is 1.19 bits per heavy atom. The van der Waals surface area contributed by atoms with Gasteiger partial charge in [-0.3, -0.25) is 4.79 Å². The number of methoxy groups -OCH3 is 1. The number of carbonyl (C=O) groups is 1. The van der Waals surface area contributed by atoms with Crippen molar-refractivity contribution in [2.24, 2.45) is 17.8 Å². The summed E-state index contributed by atoms with van der Waals surface area (Å²) in [6.45, 7) is 3.59. The fourth-order valence-corrected chi connectivity index (χ4v) is 6.18. The minimum absolute atomic E-state index is 0.0585. The van der Waals surface area contributed by atoms with Crippen LogP contribution in [0.25, 0.3) is 0 Å². The van der Waals surface area contributed by atoms with Crippen molar-refractivity contribution >= 4 is 5.97 Å². The van der Waals surface area contributed by atoms with Gasteiger partial charge in [0.1, 0.15) is 0 Å². The number of ether oxygens (including phenoxy) is 1. The van der Waals surface area contributed by atoms with Gasteiger partial charge in [0, 0.05) is 13.0 Å². The summed E-state index contributed by atoms with van der Waals surface area (Å²) in [5, 5.41) is 0. The molecule has 3 unspecified atom stereocenters. The Labute approximate surface area is 226 Å². The van der Waals surface area contributed by atoms with Gasteiger partial charge in [0.2, 0.25) is 0 Å². The lowest BCUT2D eigenvalue weighted by Gasteiger charge is -2.21. The molecule has 0 saturated heterocycles. The maximum absolute atomic E-state index is 11.2. The number of carbonyl (C=O) groups excluding carboxylic acids is 1. The standard InChI is InChI=1S/C33H65NO2/c1-5-6-7-8-9-10-11-12-13-14-15-16-17-19-23-26-31(29-34(2)3)32-28-30(32)25-22-20-18-21-24-27-33(35)36-4/h30-32H,5-29H2,1-4H3. The maximum Gasteiger partial charge on any atom is 0.305 e. The van der Waals surface area contributed by atoms with Gasteiger partial charge in [-0.15, -0.1) is 0 Å². The van der Waals surface area contributed by atoms with E-state index in [0.29, 0.717) is 6.42 Å². The van der Waals surface area contributed by atoms with Crippen LogP contribution in [0.3, 0.4) is 0 Å². The first kappa shape index (κ1) is 33.5. The van der Waals surface area contributed by atoms with Crippen molar-refractivity contribution in [2.75, 3.05) is 27.7 Å². The zero-order valence-electron chi connectivity index (χ0n) is 25.2. The lowest BCUT2D eigenvalue weighted by atomic mass is 9.93. The monoisotopic (exact) mass is 508 g/mol. The molecule has 0 radical (unpaired) electrons. The Kier molecular flexibility index (Phi) is 21.9. The molecule has 0 spiro atoms.